The highest BCUT2D eigenvalue weighted by Gasteiger charge is 2.27. The molecule has 0 spiro atoms. The van der Waals surface area contributed by atoms with Crippen molar-refractivity contribution in [2.45, 2.75) is 32.3 Å². The number of aryl methyl sites for hydroxylation is 1. The average Bonchev–Trinajstić information content (AvgIpc) is 2.96. The second-order valence-corrected chi connectivity index (χ2v) is 7.27. The lowest BCUT2D eigenvalue weighted by molar-refractivity contribution is 0.0378. The molecule has 1 aliphatic heterocycles. The maximum atomic E-state index is 10.5. The average molecular weight is 453 g/mol. The van der Waals surface area contributed by atoms with Gasteiger partial charge in [0.05, 0.1) is 6.54 Å². The lowest BCUT2D eigenvalue weighted by Crippen LogP contribution is -2.45. The molecule has 0 aliphatic carbocycles. The van der Waals surface area contributed by atoms with E-state index in [1.807, 2.05) is 30.8 Å². The summed E-state index contributed by atoms with van der Waals surface area (Å²) in [6.07, 6.45) is 2.52. The maximum absolute atomic E-state index is 10.5. The summed E-state index contributed by atoms with van der Waals surface area (Å²) in [5.41, 5.74) is -1.06. The van der Waals surface area contributed by atoms with Crippen LogP contribution in [0.2, 0.25) is 0 Å². The normalized spacial score (nSPS) is 18.9. The van der Waals surface area contributed by atoms with E-state index in [1.165, 1.54) is 24.3 Å². The van der Waals surface area contributed by atoms with E-state index in [0.717, 1.165) is 18.3 Å². The summed E-state index contributed by atoms with van der Waals surface area (Å²) >= 11 is 2.03. The molecule has 1 aromatic heterocycles. The fourth-order valence-electron chi connectivity index (χ4n) is 2.48. The zero-order chi connectivity index (χ0) is 16.0. The van der Waals surface area contributed by atoms with Crippen molar-refractivity contribution in [2.24, 2.45) is 10.9 Å². The van der Waals surface area contributed by atoms with Gasteiger partial charge in [0.15, 0.2) is 5.96 Å². The second-order valence-electron chi connectivity index (χ2n) is 6.05. The lowest BCUT2D eigenvalue weighted by Gasteiger charge is -2.25. The Hall–Kier alpha value is -0.410. The molecule has 0 aromatic carbocycles. The van der Waals surface area contributed by atoms with Gasteiger partial charge in [-0.15, -0.1) is 24.0 Å². The molecule has 1 saturated heterocycles. The highest BCUT2D eigenvalue weighted by atomic mass is 127. The first-order valence-corrected chi connectivity index (χ1v) is 8.98. The maximum Gasteiger partial charge on any atom is 0.191 e. The van der Waals surface area contributed by atoms with Gasteiger partial charge in [0, 0.05) is 13.6 Å². The fourth-order valence-corrected chi connectivity index (χ4v) is 3.68. The van der Waals surface area contributed by atoms with Gasteiger partial charge >= 0.3 is 0 Å². The van der Waals surface area contributed by atoms with E-state index in [2.05, 4.69) is 15.6 Å². The van der Waals surface area contributed by atoms with Gasteiger partial charge in [0.2, 0.25) is 0 Å². The standard InChI is InChI=1S/C16H27N3O2S.HI/c1-12-4-5-14(21-12)16(2,20)11-19-15(17-3)18-10-13-6-8-22-9-7-13;/h4-5,13,20H,6-11H2,1-3H3,(H2,17,18,19);1H. The molecule has 1 aliphatic rings. The van der Waals surface area contributed by atoms with Crippen LogP contribution in [0, 0.1) is 12.8 Å². The fraction of sp³-hybridized carbons (Fsp3) is 0.688. The molecule has 7 heteroatoms. The van der Waals surface area contributed by atoms with Gasteiger partial charge in [-0.3, -0.25) is 4.99 Å². The molecule has 1 fully saturated rings. The number of rotatable bonds is 5. The molecule has 0 amide bonds. The van der Waals surface area contributed by atoms with Crippen LogP contribution in [-0.2, 0) is 5.60 Å². The van der Waals surface area contributed by atoms with Crippen LogP contribution in [0.25, 0.3) is 0 Å². The summed E-state index contributed by atoms with van der Waals surface area (Å²) in [6, 6.07) is 3.67. The summed E-state index contributed by atoms with van der Waals surface area (Å²) < 4.78 is 5.52. The van der Waals surface area contributed by atoms with E-state index in [-0.39, 0.29) is 24.0 Å². The van der Waals surface area contributed by atoms with Crippen molar-refractivity contribution < 1.29 is 9.52 Å². The summed E-state index contributed by atoms with van der Waals surface area (Å²) in [5.74, 6) is 5.32. The summed E-state index contributed by atoms with van der Waals surface area (Å²) in [6.45, 7) is 4.89. The highest BCUT2D eigenvalue weighted by Crippen LogP contribution is 2.22. The van der Waals surface area contributed by atoms with Gasteiger partial charge in [-0.05, 0) is 56.2 Å². The summed E-state index contributed by atoms with van der Waals surface area (Å²) in [4.78, 5) is 4.22. The molecule has 5 nitrogen and oxygen atoms in total. The lowest BCUT2D eigenvalue weighted by atomic mass is 10.0. The number of hydrogen-bond donors (Lipinski definition) is 3. The van der Waals surface area contributed by atoms with Crippen molar-refractivity contribution in [1.82, 2.24) is 10.6 Å². The Morgan fingerprint density at radius 1 is 1.39 bits per heavy atom. The molecule has 3 N–H and O–H groups in total. The van der Waals surface area contributed by atoms with Crippen molar-refractivity contribution in [2.75, 3.05) is 31.6 Å². The Morgan fingerprint density at radius 3 is 2.65 bits per heavy atom. The van der Waals surface area contributed by atoms with E-state index in [4.69, 9.17) is 4.42 Å². The Morgan fingerprint density at radius 2 is 2.09 bits per heavy atom. The predicted molar refractivity (Wildman–Crippen MR) is 108 cm³/mol. The number of nitrogens with one attached hydrogen (secondary N) is 2. The number of aliphatic imine (C=N–C) groups is 1. The second kappa shape index (κ2) is 9.78. The quantitative estimate of drug-likeness (QED) is 0.364. The van der Waals surface area contributed by atoms with Gasteiger partial charge in [-0.1, -0.05) is 0 Å². The van der Waals surface area contributed by atoms with Crippen LogP contribution in [0.5, 0.6) is 0 Å². The van der Waals surface area contributed by atoms with Gasteiger partial charge in [0.1, 0.15) is 17.1 Å². The van der Waals surface area contributed by atoms with Crippen molar-refractivity contribution in [1.29, 1.82) is 0 Å². The van der Waals surface area contributed by atoms with E-state index in [9.17, 15) is 5.11 Å². The Bertz CT molecular complexity index is 499. The zero-order valence-corrected chi connectivity index (χ0v) is 17.2. The predicted octanol–water partition coefficient (Wildman–Crippen LogP) is 2.72. The zero-order valence-electron chi connectivity index (χ0n) is 14.1. The van der Waals surface area contributed by atoms with Crippen LogP contribution < -0.4 is 10.6 Å². The molecule has 0 radical (unpaired) electrons. The number of furan rings is 1. The van der Waals surface area contributed by atoms with E-state index in [1.54, 1.807) is 14.0 Å². The largest absolute Gasteiger partial charge is 0.463 e. The number of hydrogen-bond acceptors (Lipinski definition) is 4. The first-order valence-electron chi connectivity index (χ1n) is 7.83. The van der Waals surface area contributed by atoms with Crippen molar-refractivity contribution >= 4 is 41.7 Å². The third kappa shape index (κ3) is 6.54. The monoisotopic (exact) mass is 453 g/mol. The van der Waals surface area contributed by atoms with Crippen LogP contribution >= 0.6 is 35.7 Å². The molecular formula is C16H28IN3O2S. The first kappa shape index (κ1) is 20.6. The van der Waals surface area contributed by atoms with Crippen LogP contribution in [0.4, 0.5) is 0 Å². The first-order chi connectivity index (χ1) is 10.5. The molecule has 132 valence electrons. The van der Waals surface area contributed by atoms with Crippen molar-refractivity contribution in [3.63, 3.8) is 0 Å². The minimum Gasteiger partial charge on any atom is -0.463 e. The topological polar surface area (TPSA) is 69.8 Å². The third-order valence-corrected chi connectivity index (χ3v) is 5.04. The summed E-state index contributed by atoms with van der Waals surface area (Å²) in [5, 5.41) is 17.1. The number of halogens is 1. The van der Waals surface area contributed by atoms with Crippen LogP contribution in [0.3, 0.4) is 0 Å². The van der Waals surface area contributed by atoms with Crippen molar-refractivity contribution in [3.8, 4) is 0 Å². The minimum absolute atomic E-state index is 0. The Balaban J connectivity index is 0.00000264. The molecule has 0 bridgehead atoms. The Labute approximate surface area is 160 Å². The Kier molecular flexibility index (Phi) is 8.78. The number of nitrogens with zero attached hydrogens (tertiary/aromatic N) is 1. The third-order valence-electron chi connectivity index (χ3n) is 3.99. The van der Waals surface area contributed by atoms with Gasteiger partial charge < -0.3 is 20.2 Å². The van der Waals surface area contributed by atoms with Gasteiger partial charge in [-0.2, -0.15) is 11.8 Å². The van der Waals surface area contributed by atoms with E-state index in [0.29, 0.717) is 18.2 Å². The molecule has 1 atom stereocenters. The minimum atomic E-state index is -1.06. The van der Waals surface area contributed by atoms with Gasteiger partial charge in [0.25, 0.3) is 0 Å². The van der Waals surface area contributed by atoms with Gasteiger partial charge in [-0.25, -0.2) is 0 Å². The summed E-state index contributed by atoms with van der Waals surface area (Å²) in [7, 11) is 1.75. The molecule has 0 saturated carbocycles. The molecule has 1 unspecified atom stereocenters. The van der Waals surface area contributed by atoms with E-state index < -0.39 is 5.60 Å². The number of thioether (sulfide) groups is 1. The molecule has 1 aromatic rings. The molecule has 23 heavy (non-hydrogen) atoms. The SMILES string of the molecule is CN=C(NCC1CCSCC1)NCC(C)(O)c1ccc(C)o1.I. The highest BCUT2D eigenvalue weighted by molar-refractivity contribution is 14.0. The molecular weight excluding hydrogens is 425 g/mol. The number of aliphatic hydroxyl groups is 1. The molecule has 2 heterocycles. The van der Waals surface area contributed by atoms with Crippen LogP contribution in [0.15, 0.2) is 21.5 Å². The molecule has 2 rings (SSSR count). The van der Waals surface area contributed by atoms with E-state index >= 15 is 0 Å². The van der Waals surface area contributed by atoms with Crippen LogP contribution in [-0.4, -0.2) is 42.7 Å². The number of guanidine groups is 1. The van der Waals surface area contributed by atoms with Crippen molar-refractivity contribution in [3.05, 3.63) is 23.7 Å². The van der Waals surface area contributed by atoms with Crippen LogP contribution in [0.1, 0.15) is 31.3 Å². The smallest absolute Gasteiger partial charge is 0.191 e.